The highest BCUT2D eigenvalue weighted by Crippen LogP contribution is 2.11. The first-order chi connectivity index (χ1) is 7.91. The molecule has 0 aliphatic heterocycles. The quantitative estimate of drug-likeness (QED) is 0.520. The van der Waals surface area contributed by atoms with E-state index in [0.717, 1.165) is 12.3 Å². The van der Waals surface area contributed by atoms with Crippen molar-refractivity contribution in [1.82, 2.24) is 10.3 Å². The van der Waals surface area contributed by atoms with E-state index in [4.69, 9.17) is 0 Å². The van der Waals surface area contributed by atoms with Crippen LogP contribution in [0.3, 0.4) is 0 Å². The van der Waals surface area contributed by atoms with Crippen molar-refractivity contribution < 1.29 is 14.8 Å². The summed E-state index contributed by atoms with van der Waals surface area (Å²) in [5.74, 6) is -0.439. The Morgan fingerprint density at radius 3 is 2.76 bits per heavy atom. The molecule has 0 saturated heterocycles. The Morgan fingerprint density at radius 2 is 2.29 bits per heavy atom. The summed E-state index contributed by atoms with van der Waals surface area (Å²) in [4.78, 5) is 23.9. The van der Waals surface area contributed by atoms with E-state index >= 15 is 0 Å². The monoisotopic (exact) mass is 241 g/mol. The van der Waals surface area contributed by atoms with Crippen LogP contribution in [0.4, 0.5) is 5.69 Å². The second-order valence-electron chi connectivity index (χ2n) is 4.05. The third-order valence-electron chi connectivity index (χ3n) is 2.36. The average Bonchev–Trinajstić information content (AvgIpc) is 2.74. The molecule has 0 fully saturated rings. The number of nitro groups is 1. The summed E-state index contributed by atoms with van der Waals surface area (Å²) in [6.07, 6.45) is 0.511. The number of H-pyrrole nitrogens is 1. The third-order valence-corrected chi connectivity index (χ3v) is 2.36. The molecule has 0 bridgehead atoms. The van der Waals surface area contributed by atoms with E-state index in [2.05, 4.69) is 10.3 Å². The van der Waals surface area contributed by atoms with Crippen LogP contribution in [0.15, 0.2) is 12.3 Å². The largest absolute Gasteiger partial charge is 0.391 e. The zero-order chi connectivity index (χ0) is 13.0. The maximum absolute atomic E-state index is 11.5. The van der Waals surface area contributed by atoms with E-state index in [1.54, 1.807) is 0 Å². The summed E-state index contributed by atoms with van der Waals surface area (Å²) < 4.78 is 0. The van der Waals surface area contributed by atoms with Crippen molar-refractivity contribution in [2.24, 2.45) is 5.92 Å². The first-order valence-corrected chi connectivity index (χ1v) is 5.21. The van der Waals surface area contributed by atoms with E-state index in [1.807, 2.05) is 13.8 Å². The van der Waals surface area contributed by atoms with Crippen LogP contribution in [-0.2, 0) is 0 Å². The molecule has 1 unspecified atom stereocenters. The fourth-order valence-corrected chi connectivity index (χ4v) is 1.15. The van der Waals surface area contributed by atoms with Crippen LogP contribution in [0.1, 0.15) is 24.3 Å². The third kappa shape index (κ3) is 3.56. The summed E-state index contributed by atoms with van der Waals surface area (Å²) in [6.45, 7) is 3.77. The Labute approximate surface area is 98.0 Å². The summed E-state index contributed by atoms with van der Waals surface area (Å²) in [7, 11) is 0. The number of amides is 1. The van der Waals surface area contributed by atoms with Gasteiger partial charge in [0.25, 0.3) is 11.6 Å². The second kappa shape index (κ2) is 5.44. The molecule has 0 radical (unpaired) electrons. The maximum Gasteiger partial charge on any atom is 0.287 e. The minimum atomic E-state index is -0.635. The van der Waals surface area contributed by atoms with Gasteiger partial charge in [0.15, 0.2) is 0 Å². The van der Waals surface area contributed by atoms with Gasteiger partial charge < -0.3 is 15.4 Å². The molecule has 1 amide bonds. The zero-order valence-corrected chi connectivity index (χ0v) is 9.64. The second-order valence-corrected chi connectivity index (χ2v) is 4.05. The molecule has 1 rings (SSSR count). The van der Waals surface area contributed by atoms with Crippen LogP contribution >= 0.6 is 0 Å². The first-order valence-electron chi connectivity index (χ1n) is 5.21. The van der Waals surface area contributed by atoms with Gasteiger partial charge in [-0.15, -0.1) is 0 Å². The Kier molecular flexibility index (Phi) is 4.22. The van der Waals surface area contributed by atoms with E-state index in [1.165, 1.54) is 0 Å². The van der Waals surface area contributed by atoms with Gasteiger partial charge >= 0.3 is 0 Å². The lowest BCUT2D eigenvalue weighted by Crippen LogP contribution is -2.34. The molecule has 94 valence electrons. The fraction of sp³-hybridized carbons (Fsp3) is 0.500. The summed E-state index contributed by atoms with van der Waals surface area (Å²) in [6, 6.07) is 1.15. The van der Waals surface area contributed by atoms with E-state index < -0.39 is 16.9 Å². The summed E-state index contributed by atoms with van der Waals surface area (Å²) in [5.41, 5.74) is -0.0628. The van der Waals surface area contributed by atoms with Crippen molar-refractivity contribution in [1.29, 1.82) is 0 Å². The number of aliphatic hydroxyl groups excluding tert-OH is 1. The van der Waals surface area contributed by atoms with Crippen LogP contribution in [0, 0.1) is 16.0 Å². The number of carbonyl (C=O) groups excluding carboxylic acids is 1. The average molecular weight is 241 g/mol. The molecular formula is C10H15N3O4. The lowest BCUT2D eigenvalue weighted by atomic mass is 10.1. The van der Waals surface area contributed by atoms with Gasteiger partial charge in [0.05, 0.1) is 17.2 Å². The molecule has 0 aromatic carbocycles. The number of aromatic amines is 1. The van der Waals surface area contributed by atoms with Crippen LogP contribution in [0.2, 0.25) is 0 Å². The number of aromatic nitrogens is 1. The van der Waals surface area contributed by atoms with Gasteiger partial charge in [-0.25, -0.2) is 0 Å². The van der Waals surface area contributed by atoms with Crippen molar-refractivity contribution in [2.45, 2.75) is 20.0 Å². The van der Waals surface area contributed by atoms with Gasteiger partial charge in [0, 0.05) is 12.6 Å². The zero-order valence-electron chi connectivity index (χ0n) is 9.64. The Hall–Kier alpha value is -1.89. The Balaban J connectivity index is 2.55. The number of nitrogens with zero attached hydrogens (tertiary/aromatic N) is 1. The Morgan fingerprint density at radius 1 is 1.65 bits per heavy atom. The SMILES string of the molecule is CC(C)C(O)CNC(=O)c1cc([N+](=O)[O-])c[nH]1. The molecule has 1 aromatic heterocycles. The smallest absolute Gasteiger partial charge is 0.287 e. The van der Waals surface area contributed by atoms with Gasteiger partial charge in [0.2, 0.25) is 0 Å². The number of hydrogen-bond acceptors (Lipinski definition) is 4. The van der Waals surface area contributed by atoms with Gasteiger partial charge in [-0.05, 0) is 5.92 Å². The normalized spacial score (nSPS) is 12.5. The van der Waals surface area contributed by atoms with E-state index in [9.17, 15) is 20.0 Å². The lowest BCUT2D eigenvalue weighted by Gasteiger charge is -2.14. The topological polar surface area (TPSA) is 108 Å². The highest BCUT2D eigenvalue weighted by Gasteiger charge is 2.16. The molecule has 1 aromatic rings. The van der Waals surface area contributed by atoms with Crippen LogP contribution < -0.4 is 5.32 Å². The fourth-order valence-electron chi connectivity index (χ4n) is 1.15. The number of hydrogen-bond donors (Lipinski definition) is 3. The van der Waals surface area contributed by atoms with E-state index in [-0.39, 0.29) is 23.8 Å². The predicted octanol–water partition coefficient (Wildman–Crippen LogP) is 0.670. The first kappa shape index (κ1) is 13.2. The standard InChI is InChI=1S/C10H15N3O4/c1-6(2)9(14)5-12-10(15)8-3-7(4-11-8)13(16)17/h3-4,6,9,11,14H,5H2,1-2H3,(H,12,15). The summed E-state index contributed by atoms with van der Waals surface area (Å²) in [5, 5.41) is 22.4. The number of rotatable bonds is 5. The number of carbonyl (C=O) groups is 1. The maximum atomic E-state index is 11.5. The van der Waals surface area contributed by atoms with Gasteiger partial charge in [-0.2, -0.15) is 0 Å². The van der Waals surface area contributed by atoms with Crippen molar-refractivity contribution in [2.75, 3.05) is 6.54 Å². The summed E-state index contributed by atoms with van der Waals surface area (Å²) >= 11 is 0. The Bertz CT molecular complexity index is 413. The van der Waals surface area contributed by atoms with Crippen LogP contribution in [0.5, 0.6) is 0 Å². The van der Waals surface area contributed by atoms with E-state index in [0.29, 0.717) is 0 Å². The van der Waals surface area contributed by atoms with Gasteiger partial charge in [-0.1, -0.05) is 13.8 Å². The van der Waals surface area contributed by atoms with Gasteiger partial charge in [0.1, 0.15) is 5.69 Å². The molecule has 0 aliphatic rings. The molecule has 17 heavy (non-hydrogen) atoms. The number of nitrogens with one attached hydrogen (secondary N) is 2. The molecule has 1 atom stereocenters. The van der Waals surface area contributed by atoms with Gasteiger partial charge in [-0.3, -0.25) is 14.9 Å². The van der Waals surface area contributed by atoms with Crippen LogP contribution in [0.25, 0.3) is 0 Å². The molecule has 0 saturated carbocycles. The van der Waals surface area contributed by atoms with Crippen molar-refractivity contribution in [3.05, 3.63) is 28.1 Å². The van der Waals surface area contributed by atoms with Crippen molar-refractivity contribution >= 4 is 11.6 Å². The molecule has 0 aliphatic carbocycles. The minimum Gasteiger partial charge on any atom is -0.391 e. The van der Waals surface area contributed by atoms with Crippen LogP contribution in [-0.4, -0.2) is 33.6 Å². The highest BCUT2D eigenvalue weighted by molar-refractivity contribution is 5.93. The van der Waals surface area contributed by atoms with Crippen molar-refractivity contribution in [3.8, 4) is 0 Å². The minimum absolute atomic E-state index is 0.0354. The number of aliphatic hydroxyl groups is 1. The molecule has 7 heteroatoms. The molecular weight excluding hydrogens is 226 g/mol. The lowest BCUT2D eigenvalue weighted by molar-refractivity contribution is -0.384. The molecule has 3 N–H and O–H groups in total. The molecule has 7 nitrogen and oxygen atoms in total. The van der Waals surface area contributed by atoms with Crippen molar-refractivity contribution in [3.63, 3.8) is 0 Å². The molecule has 1 heterocycles. The molecule has 0 spiro atoms. The predicted molar refractivity (Wildman–Crippen MR) is 60.6 cm³/mol. The highest BCUT2D eigenvalue weighted by atomic mass is 16.6.